The predicted octanol–water partition coefficient (Wildman–Crippen LogP) is 5.21. The Morgan fingerprint density at radius 3 is 2.15 bits per heavy atom. The first-order valence-corrected chi connectivity index (χ1v) is 8.65. The van der Waals surface area contributed by atoms with Crippen LogP contribution in [0.5, 0.6) is 5.75 Å². The van der Waals surface area contributed by atoms with Crippen molar-refractivity contribution in [3.8, 4) is 5.75 Å². The molecule has 1 aromatic carbocycles. The van der Waals surface area contributed by atoms with Crippen molar-refractivity contribution in [3.05, 3.63) is 48.0 Å². The quantitative estimate of drug-likeness (QED) is 0.735. The highest BCUT2D eigenvalue weighted by Crippen LogP contribution is 2.39. The maximum atomic E-state index is 5.44. The molecule has 1 atom stereocenters. The van der Waals surface area contributed by atoms with Crippen molar-refractivity contribution in [2.24, 2.45) is 0 Å². The molecule has 20 heavy (non-hydrogen) atoms. The monoisotopic (exact) mass is 417 g/mol. The van der Waals surface area contributed by atoms with Gasteiger partial charge in [0.25, 0.3) is 0 Å². The van der Waals surface area contributed by atoms with Crippen LogP contribution in [0.4, 0.5) is 0 Å². The number of rotatable bonds is 4. The topological polar surface area (TPSA) is 21.3 Å². The maximum Gasteiger partial charge on any atom is 0.124 e. The van der Waals surface area contributed by atoms with Crippen LogP contribution in [-0.4, -0.2) is 14.2 Å². The van der Waals surface area contributed by atoms with Gasteiger partial charge in [-0.3, -0.25) is 0 Å². The molecular weight excluding hydrogens is 402 g/mol. The summed E-state index contributed by atoms with van der Waals surface area (Å²) < 4.78 is 7.72. The molecule has 2 aromatic rings. The summed E-state index contributed by atoms with van der Waals surface area (Å²) in [6, 6.07) is 6.69. The molecule has 2 nitrogen and oxygen atoms in total. The van der Waals surface area contributed by atoms with Crippen LogP contribution in [0.15, 0.2) is 25.8 Å². The van der Waals surface area contributed by atoms with E-state index in [2.05, 4.69) is 69.2 Å². The van der Waals surface area contributed by atoms with Gasteiger partial charge in [0.05, 0.1) is 20.7 Å². The summed E-state index contributed by atoms with van der Waals surface area (Å²) in [6.07, 6.45) is 0. The summed E-state index contributed by atoms with van der Waals surface area (Å²) in [5, 5.41) is 3.40. The molecule has 0 saturated heterocycles. The molecule has 1 N–H and O–H groups in total. The van der Waals surface area contributed by atoms with E-state index in [1.807, 2.05) is 7.05 Å². The van der Waals surface area contributed by atoms with Crippen LogP contribution in [0.25, 0.3) is 0 Å². The molecule has 0 saturated carbocycles. The Kier molecular flexibility index (Phi) is 5.29. The van der Waals surface area contributed by atoms with Crippen molar-refractivity contribution in [3.63, 3.8) is 0 Å². The minimum absolute atomic E-state index is 0.162. The molecule has 5 heteroatoms. The summed E-state index contributed by atoms with van der Waals surface area (Å²) in [5.74, 6) is 0.967. The zero-order chi connectivity index (χ0) is 14.9. The fourth-order valence-electron chi connectivity index (χ4n) is 2.52. The van der Waals surface area contributed by atoms with Crippen LogP contribution in [0, 0.1) is 13.8 Å². The maximum absolute atomic E-state index is 5.44. The van der Waals surface area contributed by atoms with E-state index in [0.29, 0.717) is 0 Å². The second kappa shape index (κ2) is 6.60. The molecule has 108 valence electrons. The van der Waals surface area contributed by atoms with Gasteiger partial charge in [-0.1, -0.05) is 12.1 Å². The first-order chi connectivity index (χ1) is 9.47. The standard InChI is InChI=1S/C15H17Br2NOS/c1-8-5-10(6-9(2)14(8)19-4)13(18-3)11-7-12(16)20-15(11)17/h5-7,13,18H,1-4H3. The average Bonchev–Trinajstić information content (AvgIpc) is 2.69. The van der Waals surface area contributed by atoms with Gasteiger partial charge in [0.15, 0.2) is 0 Å². The van der Waals surface area contributed by atoms with Crippen LogP contribution < -0.4 is 10.1 Å². The van der Waals surface area contributed by atoms with E-state index in [-0.39, 0.29) is 6.04 Å². The summed E-state index contributed by atoms with van der Waals surface area (Å²) in [5.41, 5.74) is 4.81. The third-order valence-electron chi connectivity index (χ3n) is 3.30. The van der Waals surface area contributed by atoms with Crippen molar-refractivity contribution in [2.45, 2.75) is 19.9 Å². The second-order valence-corrected chi connectivity index (χ2v) is 8.44. The SMILES string of the molecule is CNC(c1cc(C)c(OC)c(C)c1)c1cc(Br)sc1Br. The normalized spacial score (nSPS) is 12.5. The van der Waals surface area contributed by atoms with Crippen LogP contribution >= 0.6 is 43.2 Å². The molecule has 0 aliphatic carbocycles. The van der Waals surface area contributed by atoms with Gasteiger partial charge in [-0.2, -0.15) is 0 Å². The molecule has 0 radical (unpaired) electrons. The predicted molar refractivity (Wildman–Crippen MR) is 93.1 cm³/mol. The Morgan fingerprint density at radius 2 is 1.75 bits per heavy atom. The molecule has 1 heterocycles. The fourth-order valence-corrected chi connectivity index (χ4v) is 5.43. The minimum Gasteiger partial charge on any atom is -0.496 e. The molecule has 0 amide bonds. The second-order valence-electron chi connectivity index (χ2n) is 4.69. The van der Waals surface area contributed by atoms with Gasteiger partial charge in [0.2, 0.25) is 0 Å². The highest BCUT2D eigenvalue weighted by Gasteiger charge is 2.19. The number of aryl methyl sites for hydroxylation is 2. The molecule has 1 aromatic heterocycles. The van der Waals surface area contributed by atoms with E-state index < -0.39 is 0 Å². The number of hydrogen-bond donors (Lipinski definition) is 1. The van der Waals surface area contributed by atoms with Gasteiger partial charge in [-0.05, 0) is 81.1 Å². The number of nitrogens with one attached hydrogen (secondary N) is 1. The van der Waals surface area contributed by atoms with Crippen molar-refractivity contribution in [1.29, 1.82) is 0 Å². The molecule has 1 unspecified atom stereocenters. The third kappa shape index (κ3) is 3.11. The Hall–Kier alpha value is -0.360. The van der Waals surface area contributed by atoms with E-state index >= 15 is 0 Å². The lowest BCUT2D eigenvalue weighted by atomic mass is 9.97. The zero-order valence-electron chi connectivity index (χ0n) is 11.9. The van der Waals surface area contributed by atoms with Gasteiger partial charge >= 0.3 is 0 Å². The third-order valence-corrected chi connectivity index (χ3v) is 5.69. The van der Waals surface area contributed by atoms with Gasteiger partial charge < -0.3 is 10.1 Å². The smallest absolute Gasteiger partial charge is 0.124 e. The fraction of sp³-hybridized carbons (Fsp3) is 0.333. The molecule has 0 aliphatic heterocycles. The van der Waals surface area contributed by atoms with Crippen molar-refractivity contribution < 1.29 is 4.74 Å². The number of benzene rings is 1. The van der Waals surface area contributed by atoms with E-state index in [1.165, 1.54) is 11.1 Å². The van der Waals surface area contributed by atoms with E-state index in [1.54, 1.807) is 18.4 Å². The number of thiophene rings is 1. The number of halogens is 2. The van der Waals surface area contributed by atoms with Crippen molar-refractivity contribution in [2.75, 3.05) is 14.2 Å². The Balaban J connectivity index is 2.50. The lowest BCUT2D eigenvalue weighted by Gasteiger charge is -2.19. The van der Waals surface area contributed by atoms with Crippen molar-refractivity contribution >= 4 is 43.2 Å². The lowest BCUT2D eigenvalue weighted by molar-refractivity contribution is 0.408. The Morgan fingerprint density at radius 1 is 1.15 bits per heavy atom. The highest BCUT2D eigenvalue weighted by atomic mass is 79.9. The summed E-state index contributed by atoms with van der Waals surface area (Å²) in [7, 11) is 3.70. The molecule has 2 rings (SSSR count). The van der Waals surface area contributed by atoms with Crippen LogP contribution in [-0.2, 0) is 0 Å². The average molecular weight is 419 g/mol. The molecule has 0 fully saturated rings. The summed E-state index contributed by atoms with van der Waals surface area (Å²) in [4.78, 5) is 0. The van der Waals surface area contributed by atoms with E-state index in [4.69, 9.17) is 4.74 Å². The number of methoxy groups -OCH3 is 1. The van der Waals surface area contributed by atoms with Crippen LogP contribution in [0.3, 0.4) is 0 Å². The number of ether oxygens (including phenoxy) is 1. The van der Waals surface area contributed by atoms with Gasteiger partial charge in [0, 0.05) is 0 Å². The van der Waals surface area contributed by atoms with E-state index in [9.17, 15) is 0 Å². The minimum atomic E-state index is 0.162. The Labute approximate surface area is 140 Å². The van der Waals surface area contributed by atoms with Gasteiger partial charge in [-0.15, -0.1) is 11.3 Å². The number of hydrogen-bond acceptors (Lipinski definition) is 3. The van der Waals surface area contributed by atoms with E-state index in [0.717, 1.165) is 24.4 Å². The Bertz CT molecular complexity index is 601. The molecule has 0 bridgehead atoms. The summed E-state index contributed by atoms with van der Waals surface area (Å²) >= 11 is 8.88. The van der Waals surface area contributed by atoms with Crippen molar-refractivity contribution in [1.82, 2.24) is 5.32 Å². The summed E-state index contributed by atoms with van der Waals surface area (Å²) in [6.45, 7) is 4.17. The lowest BCUT2D eigenvalue weighted by Crippen LogP contribution is -2.18. The first kappa shape index (κ1) is 16.0. The first-order valence-electron chi connectivity index (χ1n) is 6.25. The molecular formula is C15H17Br2NOS. The zero-order valence-corrected chi connectivity index (χ0v) is 15.9. The molecule has 0 aliphatic rings. The van der Waals surface area contributed by atoms with Gasteiger partial charge in [0.1, 0.15) is 5.75 Å². The van der Waals surface area contributed by atoms with Crippen LogP contribution in [0.1, 0.15) is 28.3 Å². The molecule has 0 spiro atoms. The van der Waals surface area contributed by atoms with Crippen LogP contribution in [0.2, 0.25) is 0 Å². The highest BCUT2D eigenvalue weighted by molar-refractivity contribution is 9.12. The largest absolute Gasteiger partial charge is 0.496 e. The van der Waals surface area contributed by atoms with Gasteiger partial charge in [-0.25, -0.2) is 0 Å².